The molecule has 1 heteroatoms. The van der Waals surface area contributed by atoms with Crippen LogP contribution in [0.4, 0.5) is 0 Å². The molecule has 0 aromatic carbocycles. The highest BCUT2D eigenvalue weighted by Gasteiger charge is 2.36. The molecular formula is C43H85N. The van der Waals surface area contributed by atoms with Gasteiger partial charge in [0.05, 0.1) is 0 Å². The number of rotatable bonds is 33. The summed E-state index contributed by atoms with van der Waals surface area (Å²) < 4.78 is 0. The quantitative estimate of drug-likeness (QED) is 0.0664. The SMILES string of the molecule is CCCCCCC(C)CCCC(CCCC1CC1CCCCC)C(CCCCCCN(C)C)CCCC1CC1CCCCC. The standard InChI is InChI=1S/C43H85N/c1-7-10-13-18-24-37(4)25-21-29-39(31-23-33-43-36-41(43)28-17-12-9-3)38(26-19-14-15-20-34-44(5)6)30-22-32-42-35-40(42)27-16-11-8-2/h37-43H,7-36H2,1-6H3. The van der Waals surface area contributed by atoms with E-state index in [2.05, 4.69) is 46.7 Å². The number of unbranched alkanes of at least 4 members (excludes halogenated alkanes) is 10. The molecule has 0 spiro atoms. The van der Waals surface area contributed by atoms with Crippen LogP contribution < -0.4 is 0 Å². The van der Waals surface area contributed by atoms with Gasteiger partial charge in [0.25, 0.3) is 0 Å². The third-order valence-electron chi connectivity index (χ3n) is 12.2. The van der Waals surface area contributed by atoms with Gasteiger partial charge in [-0.3, -0.25) is 0 Å². The predicted octanol–water partition coefficient (Wildman–Crippen LogP) is 14.3. The molecule has 2 fully saturated rings. The first-order valence-corrected chi connectivity index (χ1v) is 21.1. The molecule has 7 atom stereocenters. The van der Waals surface area contributed by atoms with Gasteiger partial charge in [-0.15, -0.1) is 0 Å². The van der Waals surface area contributed by atoms with Crippen LogP contribution in [0.25, 0.3) is 0 Å². The van der Waals surface area contributed by atoms with Crippen molar-refractivity contribution >= 4 is 0 Å². The summed E-state index contributed by atoms with van der Waals surface area (Å²) in [5.41, 5.74) is 0. The Hall–Kier alpha value is -0.0400. The second kappa shape index (κ2) is 26.0. The van der Waals surface area contributed by atoms with Crippen molar-refractivity contribution in [2.75, 3.05) is 20.6 Å². The van der Waals surface area contributed by atoms with Crippen molar-refractivity contribution in [1.82, 2.24) is 4.90 Å². The highest BCUT2D eigenvalue weighted by atomic mass is 15.0. The van der Waals surface area contributed by atoms with Crippen LogP contribution >= 0.6 is 0 Å². The van der Waals surface area contributed by atoms with Gasteiger partial charge < -0.3 is 4.90 Å². The molecule has 44 heavy (non-hydrogen) atoms. The molecule has 0 aromatic rings. The van der Waals surface area contributed by atoms with E-state index in [1.165, 1.54) is 154 Å². The lowest BCUT2D eigenvalue weighted by atomic mass is 9.77. The Morgan fingerprint density at radius 2 is 0.818 bits per heavy atom. The maximum Gasteiger partial charge on any atom is -0.00248 e. The van der Waals surface area contributed by atoms with Gasteiger partial charge in [-0.05, 0) is 81.3 Å². The number of hydrogen-bond donors (Lipinski definition) is 0. The van der Waals surface area contributed by atoms with E-state index in [1.807, 2.05) is 0 Å². The minimum absolute atomic E-state index is 0.942. The first-order valence-electron chi connectivity index (χ1n) is 21.1. The number of nitrogens with zero attached hydrogens (tertiary/aromatic N) is 1. The average molecular weight is 616 g/mol. The Morgan fingerprint density at radius 1 is 0.432 bits per heavy atom. The highest BCUT2D eigenvalue weighted by Crippen LogP contribution is 2.48. The molecule has 0 amide bonds. The molecule has 0 aromatic heterocycles. The van der Waals surface area contributed by atoms with Crippen LogP contribution in [-0.4, -0.2) is 25.5 Å². The maximum atomic E-state index is 2.56. The van der Waals surface area contributed by atoms with Crippen molar-refractivity contribution in [3.8, 4) is 0 Å². The molecule has 1 nitrogen and oxygen atoms in total. The normalized spacial score (nSPS) is 23.2. The van der Waals surface area contributed by atoms with Gasteiger partial charge in [-0.25, -0.2) is 0 Å². The maximum absolute atomic E-state index is 2.56. The molecule has 0 N–H and O–H groups in total. The molecule has 0 radical (unpaired) electrons. The van der Waals surface area contributed by atoms with Crippen molar-refractivity contribution < 1.29 is 0 Å². The van der Waals surface area contributed by atoms with Gasteiger partial charge in [-0.2, -0.15) is 0 Å². The molecular weight excluding hydrogens is 530 g/mol. The van der Waals surface area contributed by atoms with Crippen molar-refractivity contribution in [3.63, 3.8) is 0 Å². The third-order valence-corrected chi connectivity index (χ3v) is 12.2. The molecule has 2 saturated carbocycles. The van der Waals surface area contributed by atoms with E-state index < -0.39 is 0 Å². The fourth-order valence-electron chi connectivity index (χ4n) is 8.84. The fourth-order valence-corrected chi connectivity index (χ4v) is 8.84. The minimum atomic E-state index is 0.942. The molecule has 2 rings (SSSR count). The summed E-state index contributed by atoms with van der Waals surface area (Å²) in [6, 6.07) is 0. The van der Waals surface area contributed by atoms with Crippen LogP contribution in [0.3, 0.4) is 0 Å². The van der Waals surface area contributed by atoms with Crippen LogP contribution in [0.5, 0.6) is 0 Å². The predicted molar refractivity (Wildman–Crippen MR) is 200 cm³/mol. The van der Waals surface area contributed by atoms with Gasteiger partial charge >= 0.3 is 0 Å². The summed E-state index contributed by atoms with van der Waals surface area (Å²) in [6.07, 6.45) is 43.2. The summed E-state index contributed by atoms with van der Waals surface area (Å²) in [5, 5.41) is 0. The van der Waals surface area contributed by atoms with E-state index in [-0.39, 0.29) is 0 Å². The largest absolute Gasteiger partial charge is 0.309 e. The van der Waals surface area contributed by atoms with E-state index >= 15 is 0 Å². The first kappa shape index (κ1) is 40.1. The zero-order valence-electron chi connectivity index (χ0n) is 31.7. The van der Waals surface area contributed by atoms with Gasteiger partial charge in [0.15, 0.2) is 0 Å². The van der Waals surface area contributed by atoms with Crippen molar-refractivity contribution in [1.29, 1.82) is 0 Å². The van der Waals surface area contributed by atoms with Crippen molar-refractivity contribution in [3.05, 3.63) is 0 Å². The molecule has 2 aliphatic carbocycles. The monoisotopic (exact) mass is 616 g/mol. The summed E-state index contributed by atoms with van der Waals surface area (Å²) in [6.45, 7) is 10.9. The third kappa shape index (κ3) is 20.3. The Labute approximate surface area is 280 Å². The summed E-state index contributed by atoms with van der Waals surface area (Å²) >= 11 is 0. The van der Waals surface area contributed by atoms with E-state index in [1.54, 1.807) is 38.5 Å². The van der Waals surface area contributed by atoms with Crippen molar-refractivity contribution in [2.45, 2.75) is 214 Å². The molecule has 7 unspecified atom stereocenters. The first-order chi connectivity index (χ1) is 21.5. The summed E-state index contributed by atoms with van der Waals surface area (Å²) in [7, 11) is 4.46. The van der Waals surface area contributed by atoms with E-state index in [0.29, 0.717) is 0 Å². The van der Waals surface area contributed by atoms with Crippen LogP contribution in [0, 0.1) is 41.4 Å². The number of hydrogen-bond acceptors (Lipinski definition) is 1. The lowest BCUT2D eigenvalue weighted by Crippen LogP contribution is -2.17. The van der Waals surface area contributed by atoms with Crippen molar-refractivity contribution in [2.24, 2.45) is 41.4 Å². The van der Waals surface area contributed by atoms with Gasteiger partial charge in [-0.1, -0.05) is 195 Å². The molecule has 262 valence electrons. The second-order valence-corrected chi connectivity index (χ2v) is 16.8. The Morgan fingerprint density at radius 3 is 1.34 bits per heavy atom. The lowest BCUT2D eigenvalue weighted by Gasteiger charge is -2.28. The molecule has 0 bridgehead atoms. The van der Waals surface area contributed by atoms with Crippen LogP contribution in [-0.2, 0) is 0 Å². The zero-order chi connectivity index (χ0) is 31.8. The van der Waals surface area contributed by atoms with E-state index in [0.717, 1.165) is 41.4 Å². The Bertz CT molecular complexity index is 618. The molecule has 2 aliphatic rings. The van der Waals surface area contributed by atoms with Gasteiger partial charge in [0, 0.05) is 0 Å². The fraction of sp³-hybridized carbons (Fsp3) is 1.00. The second-order valence-electron chi connectivity index (χ2n) is 16.8. The zero-order valence-corrected chi connectivity index (χ0v) is 31.7. The van der Waals surface area contributed by atoms with Gasteiger partial charge in [0.2, 0.25) is 0 Å². The molecule has 0 heterocycles. The minimum Gasteiger partial charge on any atom is -0.309 e. The highest BCUT2D eigenvalue weighted by molar-refractivity contribution is 4.87. The van der Waals surface area contributed by atoms with Gasteiger partial charge in [0.1, 0.15) is 0 Å². The van der Waals surface area contributed by atoms with Crippen LogP contribution in [0.15, 0.2) is 0 Å². The lowest BCUT2D eigenvalue weighted by molar-refractivity contribution is 0.230. The van der Waals surface area contributed by atoms with E-state index in [9.17, 15) is 0 Å². The topological polar surface area (TPSA) is 3.24 Å². The summed E-state index contributed by atoms with van der Waals surface area (Å²) in [4.78, 5) is 2.37. The summed E-state index contributed by atoms with van der Waals surface area (Å²) in [5.74, 6) is 7.39. The van der Waals surface area contributed by atoms with E-state index in [4.69, 9.17) is 0 Å². The Balaban J connectivity index is 1.87. The van der Waals surface area contributed by atoms with Crippen LogP contribution in [0.1, 0.15) is 214 Å². The average Bonchev–Trinajstić information content (AvgIpc) is 3.93. The van der Waals surface area contributed by atoms with Crippen LogP contribution in [0.2, 0.25) is 0 Å². The Kier molecular flexibility index (Phi) is 23.7. The smallest absolute Gasteiger partial charge is 0.00248 e. The molecule has 0 aliphatic heterocycles. The molecule has 0 saturated heterocycles.